The number of hydrogen-bond donors (Lipinski definition) is 1. The quantitative estimate of drug-likeness (QED) is 0.672. The van der Waals surface area contributed by atoms with Gasteiger partial charge in [-0.1, -0.05) is 29.8 Å². The molecule has 2 aliphatic carbocycles. The van der Waals surface area contributed by atoms with Crippen LogP contribution in [0.15, 0.2) is 42.5 Å². The predicted molar refractivity (Wildman–Crippen MR) is 106 cm³/mol. The second-order valence-electron chi connectivity index (χ2n) is 7.62. The molecule has 1 saturated carbocycles. The molecule has 2 atom stereocenters. The minimum atomic E-state index is -0.690. The van der Waals surface area contributed by atoms with Gasteiger partial charge in [0, 0.05) is 29.1 Å². The number of benzene rings is 2. The van der Waals surface area contributed by atoms with Crippen molar-refractivity contribution in [2.24, 2.45) is 5.92 Å². The average Bonchev–Trinajstić information content (AvgIpc) is 3.19. The summed E-state index contributed by atoms with van der Waals surface area (Å²) in [6.07, 6.45) is 2.40. The van der Waals surface area contributed by atoms with Crippen LogP contribution in [0.5, 0.6) is 0 Å². The van der Waals surface area contributed by atoms with Gasteiger partial charge in [-0.05, 0) is 48.9 Å². The average molecular weight is 414 g/mol. The molecule has 2 aliphatic rings. The molecule has 0 radical (unpaired) electrons. The summed E-state index contributed by atoms with van der Waals surface area (Å²) < 4.78 is 29.2. The summed E-state index contributed by atoms with van der Waals surface area (Å²) in [5, 5.41) is 7.99. The minimum Gasteiger partial charge on any atom is -0.350 e. The summed E-state index contributed by atoms with van der Waals surface area (Å²) in [5.41, 5.74) is 3.22. The highest BCUT2D eigenvalue weighted by Gasteiger charge is 2.50. The van der Waals surface area contributed by atoms with Gasteiger partial charge in [0.15, 0.2) is 11.5 Å². The molecule has 148 valence electrons. The molecule has 0 saturated heterocycles. The maximum Gasteiger partial charge on any atom is 0.272 e. The fraction of sp³-hybridized carbons (Fsp3) is 0.273. The molecule has 5 rings (SSSR count). The van der Waals surface area contributed by atoms with Crippen LogP contribution in [0.25, 0.3) is 5.69 Å². The normalized spacial score (nSPS) is 19.0. The van der Waals surface area contributed by atoms with Crippen molar-refractivity contribution < 1.29 is 13.6 Å². The molecular formula is C22H18ClF2N3O. The van der Waals surface area contributed by atoms with Crippen LogP contribution < -0.4 is 5.32 Å². The summed E-state index contributed by atoms with van der Waals surface area (Å²) in [6.45, 7) is 0.419. The number of amides is 1. The van der Waals surface area contributed by atoms with Gasteiger partial charge in [0.2, 0.25) is 0 Å². The van der Waals surface area contributed by atoms with E-state index in [0.717, 1.165) is 35.7 Å². The van der Waals surface area contributed by atoms with E-state index in [4.69, 9.17) is 11.6 Å². The highest BCUT2D eigenvalue weighted by atomic mass is 35.5. The highest BCUT2D eigenvalue weighted by molar-refractivity contribution is 6.31. The van der Waals surface area contributed by atoms with E-state index >= 15 is 0 Å². The van der Waals surface area contributed by atoms with E-state index in [9.17, 15) is 13.6 Å². The monoisotopic (exact) mass is 413 g/mol. The minimum absolute atomic E-state index is 0.172. The van der Waals surface area contributed by atoms with Gasteiger partial charge in [-0.2, -0.15) is 5.10 Å². The van der Waals surface area contributed by atoms with Crippen molar-refractivity contribution in [2.75, 3.05) is 6.54 Å². The number of nitrogens with zero attached hydrogens (tertiary/aromatic N) is 2. The molecule has 0 spiro atoms. The standard InChI is InChI=1S/C22H18ClF2N3O/c23-17-4-2-1-3-12(17)7-8-26-22(29)20-16-10-13-9-15(13)21(16)28(27-20)19-6-5-14(24)11-18(19)25/h1-6,11,13,15H,7-10H2,(H,26,29)/t13-,15-/m1/s1. The summed E-state index contributed by atoms with van der Waals surface area (Å²) in [4.78, 5) is 12.8. The fourth-order valence-corrected chi connectivity index (χ4v) is 4.46. The molecule has 29 heavy (non-hydrogen) atoms. The lowest BCUT2D eigenvalue weighted by Gasteiger charge is -2.07. The molecule has 1 amide bonds. The van der Waals surface area contributed by atoms with Crippen LogP contribution in [0.2, 0.25) is 5.02 Å². The second kappa shape index (κ2) is 6.95. The number of hydrogen-bond acceptors (Lipinski definition) is 2. The van der Waals surface area contributed by atoms with Crippen LogP contribution in [0.3, 0.4) is 0 Å². The number of halogens is 3. The number of fused-ring (bicyclic) bond motifs is 3. The van der Waals surface area contributed by atoms with E-state index in [0.29, 0.717) is 35.5 Å². The Morgan fingerprint density at radius 2 is 2.07 bits per heavy atom. The molecule has 4 nitrogen and oxygen atoms in total. The van der Waals surface area contributed by atoms with Gasteiger partial charge in [0.1, 0.15) is 11.5 Å². The van der Waals surface area contributed by atoms with Crippen LogP contribution in [-0.4, -0.2) is 22.2 Å². The largest absolute Gasteiger partial charge is 0.350 e. The van der Waals surface area contributed by atoms with Gasteiger partial charge in [-0.25, -0.2) is 13.5 Å². The Morgan fingerprint density at radius 3 is 2.86 bits per heavy atom. The molecule has 1 aromatic heterocycles. The zero-order valence-corrected chi connectivity index (χ0v) is 16.2. The van der Waals surface area contributed by atoms with E-state index < -0.39 is 11.6 Å². The first-order valence-electron chi connectivity index (χ1n) is 9.61. The third-order valence-electron chi connectivity index (χ3n) is 5.75. The maximum atomic E-state index is 14.4. The summed E-state index contributed by atoms with van der Waals surface area (Å²) >= 11 is 6.16. The van der Waals surface area contributed by atoms with Crippen molar-refractivity contribution in [3.63, 3.8) is 0 Å². The van der Waals surface area contributed by atoms with Crippen molar-refractivity contribution in [2.45, 2.75) is 25.2 Å². The molecule has 0 aliphatic heterocycles. The maximum absolute atomic E-state index is 14.4. The van der Waals surface area contributed by atoms with Crippen molar-refractivity contribution in [1.29, 1.82) is 0 Å². The number of carbonyl (C=O) groups is 1. The Kier molecular flexibility index (Phi) is 4.39. The van der Waals surface area contributed by atoms with Crippen molar-refractivity contribution >= 4 is 17.5 Å². The van der Waals surface area contributed by atoms with Crippen LogP contribution in [-0.2, 0) is 12.8 Å². The molecule has 2 aromatic carbocycles. The molecular weight excluding hydrogens is 396 g/mol. The van der Waals surface area contributed by atoms with Crippen molar-refractivity contribution in [1.82, 2.24) is 15.1 Å². The van der Waals surface area contributed by atoms with Gasteiger partial charge < -0.3 is 5.32 Å². The van der Waals surface area contributed by atoms with Gasteiger partial charge in [0.25, 0.3) is 5.91 Å². The number of aromatic nitrogens is 2. The molecule has 7 heteroatoms. The first-order valence-corrected chi connectivity index (χ1v) is 9.99. The van der Waals surface area contributed by atoms with E-state index in [-0.39, 0.29) is 11.6 Å². The second-order valence-corrected chi connectivity index (χ2v) is 8.03. The van der Waals surface area contributed by atoms with Gasteiger partial charge in [-0.15, -0.1) is 0 Å². The number of nitrogens with one attached hydrogen (secondary N) is 1. The van der Waals surface area contributed by atoms with Gasteiger partial charge in [-0.3, -0.25) is 4.79 Å². The van der Waals surface area contributed by atoms with E-state index in [1.165, 1.54) is 16.8 Å². The third-order valence-corrected chi connectivity index (χ3v) is 6.12. The van der Waals surface area contributed by atoms with Gasteiger partial charge in [0.05, 0.1) is 5.69 Å². The first-order chi connectivity index (χ1) is 14.0. The number of carbonyl (C=O) groups excluding carboxylic acids is 1. The molecule has 3 aromatic rings. The van der Waals surface area contributed by atoms with Crippen LogP contribution in [0, 0.1) is 17.6 Å². The predicted octanol–water partition coefficient (Wildman–Crippen LogP) is 4.44. The summed E-state index contributed by atoms with van der Waals surface area (Å²) in [5.74, 6) is -0.822. The fourth-order valence-electron chi connectivity index (χ4n) is 4.23. The lowest BCUT2D eigenvalue weighted by atomic mass is 10.1. The Morgan fingerprint density at radius 1 is 1.24 bits per heavy atom. The Balaban J connectivity index is 1.40. The van der Waals surface area contributed by atoms with E-state index in [1.54, 1.807) is 0 Å². The molecule has 1 N–H and O–H groups in total. The number of rotatable bonds is 5. The SMILES string of the molecule is O=C(NCCc1ccccc1Cl)c1nn(-c2ccc(F)cc2F)c2c1C[C@H]1C[C@@H]21. The smallest absolute Gasteiger partial charge is 0.272 e. The molecule has 1 heterocycles. The van der Waals surface area contributed by atoms with Crippen molar-refractivity contribution in [3.05, 3.63) is 81.6 Å². The molecule has 0 unspecified atom stereocenters. The zero-order chi connectivity index (χ0) is 20.1. The molecule has 1 fully saturated rings. The third kappa shape index (κ3) is 3.21. The van der Waals surface area contributed by atoms with Crippen molar-refractivity contribution in [3.8, 4) is 5.69 Å². The lowest BCUT2D eigenvalue weighted by Crippen LogP contribution is -2.27. The van der Waals surface area contributed by atoms with E-state index in [1.807, 2.05) is 24.3 Å². The highest BCUT2D eigenvalue weighted by Crippen LogP contribution is 2.57. The van der Waals surface area contributed by atoms with Crippen LogP contribution >= 0.6 is 11.6 Å². The molecule has 0 bridgehead atoms. The van der Waals surface area contributed by atoms with Crippen LogP contribution in [0.1, 0.15) is 39.6 Å². The Bertz CT molecular complexity index is 1130. The Labute approximate surface area is 171 Å². The van der Waals surface area contributed by atoms with E-state index in [2.05, 4.69) is 10.4 Å². The topological polar surface area (TPSA) is 46.9 Å². The summed E-state index contributed by atoms with van der Waals surface area (Å²) in [6, 6.07) is 10.9. The Hall–Kier alpha value is -2.73. The summed E-state index contributed by atoms with van der Waals surface area (Å²) in [7, 11) is 0. The van der Waals surface area contributed by atoms with Gasteiger partial charge >= 0.3 is 0 Å². The zero-order valence-electron chi connectivity index (χ0n) is 15.5. The first kappa shape index (κ1) is 18.3. The van der Waals surface area contributed by atoms with Crippen LogP contribution in [0.4, 0.5) is 8.78 Å². The lowest BCUT2D eigenvalue weighted by molar-refractivity contribution is 0.0947.